The van der Waals surface area contributed by atoms with E-state index in [1.54, 1.807) is 0 Å². The summed E-state index contributed by atoms with van der Waals surface area (Å²) in [6.45, 7) is 13.6. The second-order valence-corrected chi connectivity index (χ2v) is 5.03. The van der Waals surface area contributed by atoms with Gasteiger partial charge in [-0.3, -0.25) is 0 Å². The molecule has 0 radical (unpaired) electrons. The monoisotopic (exact) mass is 216 g/mol. The van der Waals surface area contributed by atoms with Gasteiger partial charge in [0, 0.05) is 18.7 Å². The lowest BCUT2D eigenvalue weighted by Gasteiger charge is -2.22. The fourth-order valence-corrected chi connectivity index (χ4v) is 1.29. The fraction of sp³-hybridized carbons (Fsp3) is 1.00. The van der Waals surface area contributed by atoms with Gasteiger partial charge in [-0.25, -0.2) is 0 Å². The minimum Gasteiger partial charge on any atom is -0.380 e. The molecule has 3 heteroatoms. The number of rotatable bonds is 8. The molecule has 15 heavy (non-hydrogen) atoms. The van der Waals surface area contributed by atoms with Crippen molar-refractivity contribution in [3.05, 3.63) is 0 Å². The molecule has 0 fully saturated rings. The van der Waals surface area contributed by atoms with Gasteiger partial charge in [0.15, 0.2) is 0 Å². The fourth-order valence-electron chi connectivity index (χ4n) is 1.29. The van der Waals surface area contributed by atoms with Gasteiger partial charge in [-0.15, -0.1) is 0 Å². The quantitative estimate of drug-likeness (QED) is 0.625. The molecule has 0 amide bonds. The van der Waals surface area contributed by atoms with E-state index in [-0.39, 0.29) is 5.54 Å². The van der Waals surface area contributed by atoms with Crippen molar-refractivity contribution >= 4 is 0 Å². The van der Waals surface area contributed by atoms with E-state index in [9.17, 15) is 0 Å². The summed E-state index contributed by atoms with van der Waals surface area (Å²) in [6, 6.07) is 0. The number of nitrogens with one attached hydrogen (secondary N) is 1. The molecule has 0 aromatic carbocycles. The lowest BCUT2D eigenvalue weighted by atomic mass is 10.1. The first-order valence-electron chi connectivity index (χ1n) is 5.97. The number of hydrogen-bond donors (Lipinski definition) is 1. The Hall–Kier alpha value is -0.120. The van der Waals surface area contributed by atoms with Crippen molar-refractivity contribution in [2.75, 3.05) is 39.9 Å². The predicted octanol–water partition coefficient (Wildman–Crippen LogP) is 1.73. The topological polar surface area (TPSA) is 24.5 Å². The highest BCUT2D eigenvalue weighted by molar-refractivity contribution is 4.70. The Morgan fingerprint density at radius 2 is 1.87 bits per heavy atom. The Morgan fingerprint density at radius 3 is 2.40 bits per heavy atom. The zero-order valence-electron chi connectivity index (χ0n) is 11.1. The van der Waals surface area contributed by atoms with Gasteiger partial charge in [0.05, 0.1) is 6.61 Å². The second kappa shape index (κ2) is 8.08. The van der Waals surface area contributed by atoms with E-state index in [1.807, 2.05) is 6.92 Å². The van der Waals surface area contributed by atoms with Gasteiger partial charge in [-0.1, -0.05) is 0 Å². The molecule has 0 aliphatic carbocycles. The van der Waals surface area contributed by atoms with Crippen LogP contribution < -0.4 is 5.32 Å². The van der Waals surface area contributed by atoms with E-state index in [0.29, 0.717) is 0 Å². The summed E-state index contributed by atoms with van der Waals surface area (Å²) in [7, 11) is 2.15. The average molecular weight is 216 g/mol. The lowest BCUT2D eigenvalue weighted by Crippen LogP contribution is -2.37. The lowest BCUT2D eigenvalue weighted by molar-refractivity contribution is 0.121. The number of ether oxygens (including phenoxy) is 1. The standard InChI is InChI=1S/C12H28N2O/c1-6-15-11-10-14(5)9-7-8-13-12(2,3)4/h13H,6-11H2,1-5H3. The molecule has 0 saturated carbocycles. The minimum absolute atomic E-state index is 0.240. The summed E-state index contributed by atoms with van der Waals surface area (Å²) in [5.74, 6) is 0. The molecule has 0 unspecified atom stereocenters. The Balaban J connectivity index is 3.27. The van der Waals surface area contributed by atoms with Crippen molar-refractivity contribution in [3.63, 3.8) is 0 Å². The van der Waals surface area contributed by atoms with Crippen molar-refractivity contribution < 1.29 is 4.74 Å². The van der Waals surface area contributed by atoms with Gasteiger partial charge >= 0.3 is 0 Å². The van der Waals surface area contributed by atoms with E-state index in [1.165, 1.54) is 6.42 Å². The third-order valence-electron chi connectivity index (χ3n) is 2.19. The Labute approximate surface area is 95.2 Å². The molecule has 0 aromatic rings. The van der Waals surface area contributed by atoms with Gasteiger partial charge < -0.3 is 15.0 Å². The third kappa shape index (κ3) is 11.8. The van der Waals surface area contributed by atoms with Gasteiger partial charge in [0.25, 0.3) is 0 Å². The number of hydrogen-bond acceptors (Lipinski definition) is 3. The highest BCUT2D eigenvalue weighted by atomic mass is 16.5. The van der Waals surface area contributed by atoms with E-state index < -0.39 is 0 Å². The van der Waals surface area contributed by atoms with Gasteiger partial charge in [-0.05, 0) is 54.3 Å². The first-order valence-corrected chi connectivity index (χ1v) is 5.97. The first-order chi connectivity index (χ1) is 6.95. The van der Waals surface area contributed by atoms with E-state index >= 15 is 0 Å². The Kier molecular flexibility index (Phi) is 8.02. The summed E-state index contributed by atoms with van der Waals surface area (Å²) < 4.78 is 5.31. The van der Waals surface area contributed by atoms with E-state index in [2.05, 4.69) is 38.0 Å². The largest absolute Gasteiger partial charge is 0.380 e. The molecule has 0 heterocycles. The Morgan fingerprint density at radius 1 is 1.20 bits per heavy atom. The number of likely N-dealkylation sites (N-methyl/N-ethyl adjacent to an activating group) is 1. The van der Waals surface area contributed by atoms with Crippen LogP contribution in [0.1, 0.15) is 34.1 Å². The van der Waals surface area contributed by atoms with Crippen LogP contribution in [0.2, 0.25) is 0 Å². The van der Waals surface area contributed by atoms with Crippen LogP contribution in [-0.4, -0.2) is 50.3 Å². The molecule has 0 spiro atoms. The summed E-state index contributed by atoms with van der Waals surface area (Å²) in [5.41, 5.74) is 0.240. The van der Waals surface area contributed by atoms with E-state index in [0.717, 1.165) is 32.8 Å². The number of nitrogens with zero attached hydrogens (tertiary/aromatic N) is 1. The first kappa shape index (κ1) is 14.9. The van der Waals surface area contributed by atoms with Crippen LogP contribution in [0.3, 0.4) is 0 Å². The van der Waals surface area contributed by atoms with Crippen LogP contribution >= 0.6 is 0 Å². The van der Waals surface area contributed by atoms with Crippen molar-refractivity contribution in [3.8, 4) is 0 Å². The average Bonchev–Trinajstić information content (AvgIpc) is 2.11. The van der Waals surface area contributed by atoms with Gasteiger partial charge in [0.2, 0.25) is 0 Å². The van der Waals surface area contributed by atoms with Crippen LogP contribution in [0.15, 0.2) is 0 Å². The molecular weight excluding hydrogens is 188 g/mol. The van der Waals surface area contributed by atoms with Crippen LogP contribution in [0.25, 0.3) is 0 Å². The zero-order chi connectivity index (χ0) is 11.7. The molecule has 92 valence electrons. The van der Waals surface area contributed by atoms with E-state index in [4.69, 9.17) is 4.74 Å². The second-order valence-electron chi connectivity index (χ2n) is 5.03. The van der Waals surface area contributed by atoms with Gasteiger partial charge in [0.1, 0.15) is 0 Å². The molecule has 0 aliphatic rings. The summed E-state index contributed by atoms with van der Waals surface area (Å²) >= 11 is 0. The maximum Gasteiger partial charge on any atom is 0.0593 e. The molecule has 0 rings (SSSR count). The summed E-state index contributed by atoms with van der Waals surface area (Å²) in [5, 5.41) is 3.49. The SMILES string of the molecule is CCOCCN(C)CCCNC(C)(C)C. The smallest absolute Gasteiger partial charge is 0.0593 e. The molecule has 3 nitrogen and oxygen atoms in total. The molecule has 0 aliphatic heterocycles. The van der Waals surface area contributed by atoms with Crippen LogP contribution in [0.4, 0.5) is 0 Å². The molecule has 0 bridgehead atoms. The van der Waals surface area contributed by atoms with Gasteiger partial charge in [-0.2, -0.15) is 0 Å². The van der Waals surface area contributed by atoms with Crippen LogP contribution in [-0.2, 0) is 4.74 Å². The maximum absolute atomic E-state index is 5.31. The van der Waals surface area contributed by atoms with Crippen LogP contribution in [0.5, 0.6) is 0 Å². The summed E-state index contributed by atoms with van der Waals surface area (Å²) in [6.07, 6.45) is 1.19. The summed E-state index contributed by atoms with van der Waals surface area (Å²) in [4.78, 5) is 2.32. The molecule has 0 atom stereocenters. The molecule has 0 aromatic heterocycles. The Bertz CT molecular complexity index is 143. The third-order valence-corrected chi connectivity index (χ3v) is 2.19. The molecule has 0 saturated heterocycles. The highest BCUT2D eigenvalue weighted by Gasteiger charge is 2.07. The minimum atomic E-state index is 0.240. The highest BCUT2D eigenvalue weighted by Crippen LogP contribution is 1.98. The van der Waals surface area contributed by atoms with Crippen molar-refractivity contribution in [1.29, 1.82) is 0 Å². The zero-order valence-corrected chi connectivity index (χ0v) is 11.1. The molecular formula is C12H28N2O. The predicted molar refractivity (Wildman–Crippen MR) is 66.4 cm³/mol. The normalized spacial score (nSPS) is 12.4. The van der Waals surface area contributed by atoms with Crippen LogP contribution in [0, 0.1) is 0 Å². The van der Waals surface area contributed by atoms with Crippen molar-refractivity contribution in [2.45, 2.75) is 39.7 Å². The van der Waals surface area contributed by atoms with Crippen molar-refractivity contribution in [1.82, 2.24) is 10.2 Å². The molecule has 1 N–H and O–H groups in total. The van der Waals surface area contributed by atoms with Crippen molar-refractivity contribution in [2.24, 2.45) is 0 Å². The maximum atomic E-state index is 5.31.